The number of carbonyl (C=O) groups is 1. The number of hydrogen-bond donors (Lipinski definition) is 1. The van der Waals surface area contributed by atoms with E-state index in [0.717, 1.165) is 30.4 Å². The summed E-state index contributed by atoms with van der Waals surface area (Å²) in [5.41, 5.74) is 0.181. The van der Waals surface area contributed by atoms with Crippen molar-refractivity contribution in [3.05, 3.63) is 11.1 Å². The van der Waals surface area contributed by atoms with Crippen molar-refractivity contribution < 1.29 is 28.8 Å². The number of epoxide rings is 3. The van der Waals surface area contributed by atoms with E-state index >= 15 is 0 Å². The van der Waals surface area contributed by atoms with E-state index < -0.39 is 22.9 Å². The molecule has 0 aromatic carbocycles. The lowest BCUT2D eigenvalue weighted by Gasteiger charge is -2.53. The Labute approximate surface area is 158 Å². The van der Waals surface area contributed by atoms with Gasteiger partial charge >= 0.3 is 5.97 Å². The maximum atomic E-state index is 12.3. The monoisotopic (exact) mass is 374 g/mol. The smallest absolute Gasteiger partial charge is 0.334 e. The van der Waals surface area contributed by atoms with Gasteiger partial charge in [0, 0.05) is 11.0 Å². The molecular formula is C21H26O6. The van der Waals surface area contributed by atoms with Crippen molar-refractivity contribution in [3.8, 4) is 0 Å². The fourth-order valence-corrected chi connectivity index (χ4v) is 8.02. The van der Waals surface area contributed by atoms with Gasteiger partial charge < -0.3 is 24.1 Å². The number of aliphatic hydroxyl groups is 1. The van der Waals surface area contributed by atoms with E-state index in [1.807, 2.05) is 6.92 Å². The predicted octanol–water partition coefficient (Wildman–Crippen LogP) is 1.49. The first-order valence-electron chi connectivity index (χ1n) is 10.4. The molecule has 7 rings (SSSR count). The Kier molecular flexibility index (Phi) is 2.37. The van der Waals surface area contributed by atoms with Crippen LogP contribution in [0.4, 0.5) is 0 Å². The molecule has 1 unspecified atom stereocenters. The standard InChI is InChI=1S/C21H26O6/c1-8(2)19-14(26-19)15-21(27-15)18(4)6-5-10-13(9(3)24-16(10)22)11(18)7-12-20(21,25-12)17(19)23/h8-9,11-12,14-15,17,23H,5-7H2,1-4H3/t9?,11-,12-,14-,15-,17+,18-,19-,20+,21+/m0/s1. The molecule has 10 atom stereocenters. The van der Waals surface area contributed by atoms with Crippen molar-refractivity contribution in [2.75, 3.05) is 0 Å². The van der Waals surface area contributed by atoms with E-state index in [0.29, 0.717) is 0 Å². The molecule has 2 spiro atoms. The third-order valence-corrected chi connectivity index (χ3v) is 9.38. The molecule has 4 aliphatic heterocycles. The van der Waals surface area contributed by atoms with Crippen LogP contribution < -0.4 is 0 Å². The van der Waals surface area contributed by atoms with Crippen LogP contribution in [0.2, 0.25) is 0 Å². The van der Waals surface area contributed by atoms with E-state index in [1.165, 1.54) is 0 Å². The molecule has 4 heterocycles. The van der Waals surface area contributed by atoms with Crippen molar-refractivity contribution >= 4 is 5.97 Å². The third kappa shape index (κ3) is 1.28. The second kappa shape index (κ2) is 4.02. The number of esters is 1. The SMILES string of the molecule is CC1OC(=O)C2=C1[C@@H]1C[C@@H]3O[C@@]34[C@H](O)[C@@]3(C(C)C)O[C@H]3[C@@H]3O[C@@]34[C@@]1(C)CC2. The number of hydrogen-bond acceptors (Lipinski definition) is 6. The maximum absolute atomic E-state index is 12.3. The zero-order chi connectivity index (χ0) is 18.7. The van der Waals surface area contributed by atoms with E-state index in [9.17, 15) is 9.90 Å². The molecule has 0 aromatic heterocycles. The highest BCUT2D eigenvalue weighted by Gasteiger charge is 3.00. The Balaban J connectivity index is 1.39. The van der Waals surface area contributed by atoms with Gasteiger partial charge in [0.1, 0.15) is 35.6 Å². The first-order valence-corrected chi connectivity index (χ1v) is 10.4. The summed E-state index contributed by atoms with van der Waals surface area (Å²) in [6.07, 6.45) is 1.48. The van der Waals surface area contributed by atoms with Gasteiger partial charge in [-0.1, -0.05) is 20.8 Å². The lowest BCUT2D eigenvalue weighted by molar-refractivity contribution is -0.139. The van der Waals surface area contributed by atoms with Crippen LogP contribution in [0.1, 0.15) is 47.0 Å². The summed E-state index contributed by atoms with van der Waals surface area (Å²) in [6.45, 7) is 8.49. The molecule has 0 aromatic rings. The van der Waals surface area contributed by atoms with Gasteiger partial charge in [0.2, 0.25) is 0 Å². The highest BCUT2D eigenvalue weighted by molar-refractivity contribution is 5.92. The number of carbonyl (C=O) groups excluding carboxylic acids is 1. The van der Waals surface area contributed by atoms with Crippen LogP contribution in [0.15, 0.2) is 11.1 Å². The predicted molar refractivity (Wildman–Crippen MR) is 91.7 cm³/mol. The van der Waals surface area contributed by atoms with Crippen LogP contribution in [0.25, 0.3) is 0 Å². The third-order valence-electron chi connectivity index (χ3n) is 9.38. The molecule has 0 bridgehead atoms. The van der Waals surface area contributed by atoms with E-state index in [-0.39, 0.29) is 47.6 Å². The van der Waals surface area contributed by atoms with E-state index in [1.54, 1.807) is 0 Å². The number of rotatable bonds is 1. The summed E-state index contributed by atoms with van der Waals surface area (Å²) in [7, 11) is 0. The summed E-state index contributed by atoms with van der Waals surface area (Å²) in [4.78, 5) is 12.3. The van der Waals surface area contributed by atoms with E-state index in [2.05, 4.69) is 20.8 Å². The Morgan fingerprint density at radius 2 is 1.96 bits per heavy atom. The molecular weight excluding hydrogens is 348 g/mol. The lowest BCUT2D eigenvalue weighted by Crippen LogP contribution is -2.69. The van der Waals surface area contributed by atoms with Gasteiger partial charge in [-0.15, -0.1) is 0 Å². The number of cyclic esters (lactones) is 1. The highest BCUT2D eigenvalue weighted by atomic mass is 16.7. The summed E-state index contributed by atoms with van der Waals surface area (Å²) in [5, 5.41) is 11.5. The minimum Gasteiger partial charge on any atom is -0.455 e. The molecule has 0 radical (unpaired) electrons. The highest BCUT2D eigenvalue weighted by Crippen LogP contribution is 2.83. The summed E-state index contributed by atoms with van der Waals surface area (Å²) in [6, 6.07) is 0. The van der Waals surface area contributed by atoms with Crippen molar-refractivity contribution in [2.45, 2.75) is 94.3 Å². The Morgan fingerprint density at radius 3 is 2.70 bits per heavy atom. The summed E-state index contributed by atoms with van der Waals surface area (Å²) in [5.74, 6) is 0.267. The van der Waals surface area contributed by atoms with Crippen LogP contribution in [0.3, 0.4) is 0 Å². The molecule has 3 aliphatic carbocycles. The van der Waals surface area contributed by atoms with Crippen molar-refractivity contribution in [3.63, 3.8) is 0 Å². The Bertz CT molecular complexity index is 850. The van der Waals surface area contributed by atoms with Gasteiger partial charge in [-0.05, 0) is 43.6 Å². The van der Waals surface area contributed by atoms with Gasteiger partial charge in [0.05, 0.1) is 6.10 Å². The number of ether oxygens (including phenoxy) is 4. The van der Waals surface area contributed by atoms with Crippen molar-refractivity contribution in [1.29, 1.82) is 0 Å². The fraction of sp³-hybridized carbons (Fsp3) is 0.857. The molecule has 146 valence electrons. The van der Waals surface area contributed by atoms with Gasteiger partial charge in [0.25, 0.3) is 0 Å². The minimum atomic E-state index is -0.661. The molecule has 6 nitrogen and oxygen atoms in total. The molecule has 1 N–H and O–H groups in total. The Morgan fingerprint density at radius 1 is 1.19 bits per heavy atom. The first kappa shape index (κ1) is 15.9. The molecule has 2 saturated carbocycles. The van der Waals surface area contributed by atoms with E-state index in [4.69, 9.17) is 18.9 Å². The Hall–Kier alpha value is -0.950. The average Bonchev–Trinajstić information content (AvgIpc) is 3.47. The fourth-order valence-electron chi connectivity index (χ4n) is 8.02. The van der Waals surface area contributed by atoms with Crippen molar-refractivity contribution in [2.24, 2.45) is 17.3 Å². The molecule has 7 aliphatic rings. The molecule has 27 heavy (non-hydrogen) atoms. The number of aliphatic hydroxyl groups excluding tert-OH is 1. The van der Waals surface area contributed by atoms with Gasteiger partial charge in [-0.3, -0.25) is 0 Å². The molecule has 6 heteroatoms. The summed E-state index contributed by atoms with van der Waals surface area (Å²) < 4.78 is 24.6. The normalized spacial score (nSPS) is 64.0. The zero-order valence-electron chi connectivity index (χ0n) is 16.2. The largest absolute Gasteiger partial charge is 0.455 e. The van der Waals surface area contributed by atoms with Gasteiger partial charge in [0.15, 0.2) is 5.60 Å². The van der Waals surface area contributed by atoms with Crippen LogP contribution in [0.5, 0.6) is 0 Å². The van der Waals surface area contributed by atoms with Crippen LogP contribution in [-0.2, 0) is 23.7 Å². The topological polar surface area (TPSA) is 84.1 Å². The van der Waals surface area contributed by atoms with Gasteiger partial charge in [-0.25, -0.2) is 4.79 Å². The maximum Gasteiger partial charge on any atom is 0.334 e. The lowest BCUT2D eigenvalue weighted by atomic mass is 9.46. The van der Waals surface area contributed by atoms with Crippen LogP contribution >= 0.6 is 0 Å². The molecule has 3 saturated heterocycles. The van der Waals surface area contributed by atoms with Gasteiger partial charge in [-0.2, -0.15) is 0 Å². The molecule has 0 amide bonds. The number of fused-ring (bicyclic) bond motifs is 4. The minimum absolute atomic E-state index is 0.0171. The quantitative estimate of drug-likeness (QED) is 0.553. The second-order valence-corrected chi connectivity index (χ2v) is 10.3. The second-order valence-electron chi connectivity index (χ2n) is 10.3. The first-order chi connectivity index (χ1) is 12.8. The summed E-state index contributed by atoms with van der Waals surface area (Å²) >= 11 is 0. The van der Waals surface area contributed by atoms with Crippen molar-refractivity contribution in [1.82, 2.24) is 0 Å². The van der Waals surface area contributed by atoms with Crippen LogP contribution in [0, 0.1) is 17.3 Å². The average molecular weight is 374 g/mol. The molecule has 5 fully saturated rings. The zero-order valence-corrected chi connectivity index (χ0v) is 16.2. The van der Waals surface area contributed by atoms with Crippen LogP contribution in [-0.4, -0.2) is 58.4 Å².